The molecule has 0 nitrogen and oxygen atoms in total. The standard InChI is InChI=1S/C7H18Si/c1-7(2)5-6-8(3)4/h7-8H,5-6H2,1-4H3. The van der Waals surface area contributed by atoms with Gasteiger partial charge in [-0.15, -0.1) is 0 Å². The lowest BCUT2D eigenvalue weighted by molar-refractivity contribution is 0.622. The summed E-state index contributed by atoms with van der Waals surface area (Å²) in [5.74, 6) is 0.921. The van der Waals surface area contributed by atoms with E-state index in [1.807, 2.05) is 0 Å². The van der Waals surface area contributed by atoms with Gasteiger partial charge in [0.1, 0.15) is 0 Å². The molecule has 0 fully saturated rings. The Hall–Kier alpha value is 0.217. The third-order valence-electron chi connectivity index (χ3n) is 1.32. The molecule has 8 heavy (non-hydrogen) atoms. The van der Waals surface area contributed by atoms with E-state index in [-0.39, 0.29) is 8.80 Å². The van der Waals surface area contributed by atoms with Crippen molar-refractivity contribution in [3.8, 4) is 0 Å². The van der Waals surface area contributed by atoms with Gasteiger partial charge < -0.3 is 0 Å². The molecule has 0 aromatic rings. The Kier molecular flexibility index (Phi) is 4.24. The highest BCUT2D eigenvalue weighted by atomic mass is 28.3. The smallest absolute Gasteiger partial charge is 0.0305 e. The molecule has 0 unspecified atom stereocenters. The van der Waals surface area contributed by atoms with Crippen LogP contribution >= 0.6 is 0 Å². The Balaban J connectivity index is 2.93. The van der Waals surface area contributed by atoms with E-state index in [0.29, 0.717) is 0 Å². The van der Waals surface area contributed by atoms with E-state index in [0.717, 1.165) is 5.92 Å². The van der Waals surface area contributed by atoms with Crippen LogP contribution in [0.4, 0.5) is 0 Å². The Morgan fingerprint density at radius 3 is 1.88 bits per heavy atom. The van der Waals surface area contributed by atoms with Crippen molar-refractivity contribution in [1.82, 2.24) is 0 Å². The highest BCUT2D eigenvalue weighted by molar-refractivity contribution is 6.55. The van der Waals surface area contributed by atoms with Gasteiger partial charge >= 0.3 is 0 Å². The van der Waals surface area contributed by atoms with Crippen molar-refractivity contribution in [3.05, 3.63) is 0 Å². The molecule has 0 rings (SSSR count). The maximum Gasteiger partial charge on any atom is 0.0305 e. The fourth-order valence-corrected chi connectivity index (χ4v) is 2.00. The normalized spacial score (nSPS) is 11.2. The molecular weight excluding hydrogens is 112 g/mol. The summed E-state index contributed by atoms with van der Waals surface area (Å²) < 4.78 is 0. The SMILES string of the molecule is CC(C)CC[SiH](C)C. The van der Waals surface area contributed by atoms with Crippen LogP contribution in [0.5, 0.6) is 0 Å². The van der Waals surface area contributed by atoms with Crippen molar-refractivity contribution >= 4 is 8.80 Å². The second-order valence-electron chi connectivity index (χ2n) is 3.37. The summed E-state index contributed by atoms with van der Waals surface area (Å²) in [6.07, 6.45) is 1.45. The summed E-state index contributed by atoms with van der Waals surface area (Å²) in [7, 11) is -0.227. The van der Waals surface area contributed by atoms with E-state index in [4.69, 9.17) is 0 Å². The lowest BCUT2D eigenvalue weighted by Gasteiger charge is -2.04. The molecule has 0 aromatic heterocycles. The maximum absolute atomic E-state index is 2.42. The average molecular weight is 130 g/mol. The second-order valence-corrected chi connectivity index (χ2v) is 6.73. The highest BCUT2D eigenvalue weighted by Gasteiger charge is 1.97. The number of hydrogen-bond donors (Lipinski definition) is 0. The van der Waals surface area contributed by atoms with Crippen molar-refractivity contribution in [2.24, 2.45) is 5.92 Å². The van der Waals surface area contributed by atoms with Crippen molar-refractivity contribution in [1.29, 1.82) is 0 Å². The molecule has 0 saturated carbocycles. The second kappa shape index (κ2) is 4.13. The van der Waals surface area contributed by atoms with Crippen LogP contribution in [0.1, 0.15) is 20.3 Å². The van der Waals surface area contributed by atoms with Crippen molar-refractivity contribution in [2.75, 3.05) is 0 Å². The highest BCUT2D eigenvalue weighted by Crippen LogP contribution is 2.06. The summed E-state index contributed by atoms with van der Waals surface area (Å²) in [5.41, 5.74) is 0. The zero-order valence-electron chi connectivity index (χ0n) is 6.57. The van der Waals surface area contributed by atoms with Crippen molar-refractivity contribution < 1.29 is 0 Å². The van der Waals surface area contributed by atoms with Gasteiger partial charge in [-0.3, -0.25) is 0 Å². The lowest BCUT2D eigenvalue weighted by Crippen LogP contribution is -2.00. The first-order chi connectivity index (χ1) is 3.63. The molecule has 1 heteroatoms. The fraction of sp³-hybridized carbons (Fsp3) is 1.00. The third-order valence-corrected chi connectivity index (χ3v) is 2.81. The lowest BCUT2D eigenvalue weighted by atomic mass is 10.2. The van der Waals surface area contributed by atoms with Crippen LogP contribution in [-0.2, 0) is 0 Å². The van der Waals surface area contributed by atoms with Gasteiger partial charge in [-0.2, -0.15) is 0 Å². The molecule has 0 heterocycles. The molecule has 0 radical (unpaired) electrons. The van der Waals surface area contributed by atoms with E-state index < -0.39 is 0 Å². The van der Waals surface area contributed by atoms with Gasteiger partial charge in [-0.05, 0) is 5.92 Å². The molecule has 0 aliphatic rings. The number of rotatable bonds is 3. The van der Waals surface area contributed by atoms with Gasteiger partial charge in [-0.25, -0.2) is 0 Å². The van der Waals surface area contributed by atoms with Crippen molar-refractivity contribution in [2.45, 2.75) is 39.4 Å². The molecular formula is C7H18Si. The first-order valence-electron chi connectivity index (χ1n) is 3.63. The van der Waals surface area contributed by atoms with E-state index >= 15 is 0 Å². The van der Waals surface area contributed by atoms with Crippen LogP contribution in [0.2, 0.25) is 19.1 Å². The molecule has 0 N–H and O–H groups in total. The Bertz CT molecular complexity index is 40.3. The minimum Gasteiger partial charge on any atom is -0.0722 e. The number of hydrogen-bond acceptors (Lipinski definition) is 0. The maximum atomic E-state index is 2.42. The molecule has 50 valence electrons. The van der Waals surface area contributed by atoms with E-state index in [1.54, 1.807) is 0 Å². The van der Waals surface area contributed by atoms with Gasteiger partial charge in [0, 0.05) is 8.80 Å². The summed E-state index contributed by atoms with van der Waals surface area (Å²) in [4.78, 5) is 0. The molecule has 0 aliphatic heterocycles. The Morgan fingerprint density at radius 2 is 1.75 bits per heavy atom. The minimum absolute atomic E-state index is 0.227. The fourth-order valence-electron chi connectivity index (χ4n) is 0.667. The molecule has 0 spiro atoms. The summed E-state index contributed by atoms with van der Waals surface area (Å²) >= 11 is 0. The summed E-state index contributed by atoms with van der Waals surface area (Å²) in [6, 6.07) is 1.53. The van der Waals surface area contributed by atoms with Crippen LogP contribution in [-0.4, -0.2) is 8.80 Å². The molecule has 0 aromatic carbocycles. The van der Waals surface area contributed by atoms with E-state index in [9.17, 15) is 0 Å². The molecule has 0 atom stereocenters. The topological polar surface area (TPSA) is 0 Å². The van der Waals surface area contributed by atoms with Crippen LogP contribution in [0.15, 0.2) is 0 Å². The first kappa shape index (κ1) is 8.22. The Morgan fingerprint density at radius 1 is 1.25 bits per heavy atom. The van der Waals surface area contributed by atoms with E-state index in [1.165, 1.54) is 12.5 Å². The largest absolute Gasteiger partial charge is 0.0722 e. The minimum atomic E-state index is -0.227. The zero-order valence-corrected chi connectivity index (χ0v) is 7.72. The predicted octanol–water partition coefficient (Wildman–Crippen LogP) is 2.52. The van der Waals surface area contributed by atoms with Gasteiger partial charge in [-0.1, -0.05) is 39.4 Å². The van der Waals surface area contributed by atoms with Gasteiger partial charge in [0.15, 0.2) is 0 Å². The van der Waals surface area contributed by atoms with Gasteiger partial charge in [0.25, 0.3) is 0 Å². The average Bonchev–Trinajstić information content (AvgIpc) is 1.61. The van der Waals surface area contributed by atoms with Gasteiger partial charge in [0.05, 0.1) is 0 Å². The predicted molar refractivity (Wildman–Crippen MR) is 43.1 cm³/mol. The zero-order chi connectivity index (χ0) is 6.57. The van der Waals surface area contributed by atoms with Crippen LogP contribution in [0, 0.1) is 5.92 Å². The molecule has 0 amide bonds. The van der Waals surface area contributed by atoms with Crippen LogP contribution < -0.4 is 0 Å². The molecule has 0 bridgehead atoms. The van der Waals surface area contributed by atoms with Crippen LogP contribution in [0.25, 0.3) is 0 Å². The van der Waals surface area contributed by atoms with Crippen LogP contribution in [0.3, 0.4) is 0 Å². The molecule has 0 saturated heterocycles. The van der Waals surface area contributed by atoms with Crippen molar-refractivity contribution in [3.63, 3.8) is 0 Å². The third kappa shape index (κ3) is 6.22. The first-order valence-corrected chi connectivity index (χ1v) is 6.75. The quantitative estimate of drug-likeness (QED) is 0.515. The molecule has 0 aliphatic carbocycles. The summed E-state index contributed by atoms with van der Waals surface area (Å²) in [6.45, 7) is 9.44. The van der Waals surface area contributed by atoms with Gasteiger partial charge in [0.2, 0.25) is 0 Å². The Labute approximate surface area is 54.9 Å². The summed E-state index contributed by atoms with van der Waals surface area (Å²) in [5, 5.41) is 0. The van der Waals surface area contributed by atoms with E-state index in [2.05, 4.69) is 26.9 Å². The monoisotopic (exact) mass is 130 g/mol.